The molecule has 7 heteroatoms. The smallest absolute Gasteiger partial charge is 0.325 e. The molecule has 0 spiro atoms. The van der Waals surface area contributed by atoms with Crippen LogP contribution in [0.15, 0.2) is 12.4 Å². The van der Waals surface area contributed by atoms with E-state index >= 15 is 0 Å². The van der Waals surface area contributed by atoms with Crippen LogP contribution in [0.5, 0.6) is 0 Å². The molecule has 1 aliphatic rings. The minimum Gasteiger partial charge on any atom is -0.480 e. The highest BCUT2D eigenvalue weighted by molar-refractivity contribution is 5.89. The number of likely N-dealkylation sites (tertiary alicyclic amines) is 1. The molecule has 0 bridgehead atoms. The van der Waals surface area contributed by atoms with Gasteiger partial charge in [0.25, 0.3) is 0 Å². The summed E-state index contributed by atoms with van der Waals surface area (Å²) in [6.45, 7) is 3.51. The molecule has 20 heavy (non-hydrogen) atoms. The lowest BCUT2D eigenvalue weighted by Crippen LogP contribution is -2.40. The van der Waals surface area contributed by atoms with Crippen LogP contribution < -0.4 is 5.32 Å². The molecule has 2 heterocycles. The van der Waals surface area contributed by atoms with Crippen LogP contribution in [0.4, 0.5) is 10.5 Å². The fourth-order valence-corrected chi connectivity index (χ4v) is 2.40. The van der Waals surface area contributed by atoms with Gasteiger partial charge in [-0.3, -0.25) is 9.48 Å². The number of aliphatic carboxylic acids is 1. The van der Waals surface area contributed by atoms with E-state index < -0.39 is 5.97 Å². The zero-order chi connectivity index (χ0) is 14.5. The molecule has 1 aromatic rings. The third kappa shape index (κ3) is 3.72. The van der Waals surface area contributed by atoms with Crippen LogP contribution in [0.1, 0.15) is 26.2 Å². The van der Waals surface area contributed by atoms with Gasteiger partial charge in [-0.05, 0) is 18.8 Å². The number of amides is 2. The summed E-state index contributed by atoms with van der Waals surface area (Å²) >= 11 is 0. The predicted octanol–water partition coefficient (Wildman–Crippen LogP) is 1.62. The number of hydrogen-bond acceptors (Lipinski definition) is 3. The van der Waals surface area contributed by atoms with Gasteiger partial charge in [0, 0.05) is 19.3 Å². The molecule has 2 amide bonds. The molecule has 0 aliphatic carbocycles. The number of carbonyl (C=O) groups excluding carboxylic acids is 1. The molecule has 1 fully saturated rings. The van der Waals surface area contributed by atoms with E-state index in [1.54, 1.807) is 4.90 Å². The number of aromatic nitrogens is 2. The van der Waals surface area contributed by atoms with Gasteiger partial charge in [-0.2, -0.15) is 5.10 Å². The third-order valence-electron chi connectivity index (χ3n) is 3.66. The highest BCUT2D eigenvalue weighted by Gasteiger charge is 2.21. The SMILES string of the molecule is CCC1CCN(C(=O)Nc2cnn(CC(=O)O)c2)CC1. The maximum absolute atomic E-state index is 12.1. The summed E-state index contributed by atoms with van der Waals surface area (Å²) in [6, 6.07) is -0.144. The second kappa shape index (κ2) is 6.40. The Morgan fingerprint density at radius 3 is 2.75 bits per heavy atom. The Bertz CT molecular complexity index is 478. The summed E-state index contributed by atoms with van der Waals surface area (Å²) < 4.78 is 1.28. The molecule has 0 saturated carbocycles. The van der Waals surface area contributed by atoms with Gasteiger partial charge in [0.1, 0.15) is 6.54 Å². The number of carbonyl (C=O) groups is 2. The lowest BCUT2D eigenvalue weighted by Gasteiger charge is -2.31. The summed E-state index contributed by atoms with van der Waals surface area (Å²) in [5.41, 5.74) is 0.522. The summed E-state index contributed by atoms with van der Waals surface area (Å²) in [6.07, 6.45) is 6.23. The molecule has 7 nitrogen and oxygen atoms in total. The highest BCUT2D eigenvalue weighted by atomic mass is 16.4. The van der Waals surface area contributed by atoms with Crippen LogP contribution in [0.2, 0.25) is 0 Å². The molecule has 2 N–H and O–H groups in total. The topological polar surface area (TPSA) is 87.5 Å². The van der Waals surface area contributed by atoms with Gasteiger partial charge in [0.15, 0.2) is 0 Å². The molecule has 0 radical (unpaired) electrons. The molecule has 0 unspecified atom stereocenters. The van der Waals surface area contributed by atoms with Gasteiger partial charge >= 0.3 is 12.0 Å². The zero-order valence-electron chi connectivity index (χ0n) is 11.6. The number of nitrogens with one attached hydrogen (secondary N) is 1. The Labute approximate surface area is 117 Å². The van der Waals surface area contributed by atoms with Crippen LogP contribution in [0.3, 0.4) is 0 Å². The van der Waals surface area contributed by atoms with Crippen molar-refractivity contribution in [1.82, 2.24) is 14.7 Å². The average molecular weight is 280 g/mol. The van der Waals surface area contributed by atoms with Crippen molar-refractivity contribution in [3.8, 4) is 0 Å². The number of carboxylic acids is 1. The number of piperidine rings is 1. The first-order valence-electron chi connectivity index (χ1n) is 6.88. The molecule has 1 saturated heterocycles. The summed E-state index contributed by atoms with van der Waals surface area (Å²) in [7, 11) is 0. The summed E-state index contributed by atoms with van der Waals surface area (Å²) in [4.78, 5) is 24.4. The van der Waals surface area contributed by atoms with E-state index in [2.05, 4.69) is 17.3 Å². The monoisotopic (exact) mass is 280 g/mol. The molecule has 0 aromatic carbocycles. The highest BCUT2D eigenvalue weighted by Crippen LogP contribution is 2.20. The zero-order valence-corrected chi connectivity index (χ0v) is 11.6. The Hall–Kier alpha value is -2.05. The minimum atomic E-state index is -0.965. The van der Waals surface area contributed by atoms with Gasteiger partial charge in [0.2, 0.25) is 0 Å². The van der Waals surface area contributed by atoms with Crippen molar-refractivity contribution < 1.29 is 14.7 Å². The van der Waals surface area contributed by atoms with Gasteiger partial charge in [-0.25, -0.2) is 4.79 Å². The second-order valence-corrected chi connectivity index (χ2v) is 5.09. The fourth-order valence-electron chi connectivity index (χ4n) is 2.40. The van der Waals surface area contributed by atoms with Crippen molar-refractivity contribution >= 4 is 17.7 Å². The lowest BCUT2D eigenvalue weighted by atomic mass is 9.95. The van der Waals surface area contributed by atoms with E-state index in [0.29, 0.717) is 5.69 Å². The average Bonchev–Trinajstić information content (AvgIpc) is 2.85. The number of nitrogens with zero attached hydrogens (tertiary/aromatic N) is 3. The largest absolute Gasteiger partial charge is 0.480 e. The van der Waals surface area contributed by atoms with Crippen molar-refractivity contribution in [3.05, 3.63) is 12.4 Å². The third-order valence-corrected chi connectivity index (χ3v) is 3.66. The van der Waals surface area contributed by atoms with Crippen LogP contribution in [0.25, 0.3) is 0 Å². The van der Waals surface area contributed by atoms with E-state index in [1.807, 2.05) is 0 Å². The van der Waals surface area contributed by atoms with Crippen molar-refractivity contribution in [2.24, 2.45) is 5.92 Å². The first-order valence-corrected chi connectivity index (χ1v) is 6.88. The Balaban J connectivity index is 1.85. The maximum Gasteiger partial charge on any atom is 0.325 e. The summed E-state index contributed by atoms with van der Waals surface area (Å²) in [5.74, 6) is -0.245. The maximum atomic E-state index is 12.1. The van der Waals surface area contributed by atoms with Gasteiger partial charge in [-0.1, -0.05) is 13.3 Å². The van der Waals surface area contributed by atoms with Gasteiger partial charge in [0.05, 0.1) is 11.9 Å². The van der Waals surface area contributed by atoms with E-state index in [0.717, 1.165) is 38.3 Å². The summed E-state index contributed by atoms with van der Waals surface area (Å²) in [5, 5.41) is 15.3. The van der Waals surface area contributed by atoms with Crippen LogP contribution in [-0.2, 0) is 11.3 Å². The Morgan fingerprint density at radius 1 is 1.45 bits per heavy atom. The molecule has 0 atom stereocenters. The number of urea groups is 1. The van der Waals surface area contributed by atoms with Crippen molar-refractivity contribution in [1.29, 1.82) is 0 Å². The molecular weight excluding hydrogens is 260 g/mol. The van der Waals surface area contributed by atoms with Crippen molar-refractivity contribution in [2.45, 2.75) is 32.7 Å². The molecule has 1 aliphatic heterocycles. The molecular formula is C13H20N4O3. The van der Waals surface area contributed by atoms with Gasteiger partial charge in [-0.15, -0.1) is 0 Å². The molecule has 2 rings (SSSR count). The van der Waals surface area contributed by atoms with E-state index in [4.69, 9.17) is 5.11 Å². The van der Waals surface area contributed by atoms with E-state index in [9.17, 15) is 9.59 Å². The van der Waals surface area contributed by atoms with E-state index in [1.165, 1.54) is 17.1 Å². The predicted molar refractivity (Wildman–Crippen MR) is 73.5 cm³/mol. The fraction of sp³-hybridized carbons (Fsp3) is 0.615. The quantitative estimate of drug-likeness (QED) is 0.877. The standard InChI is InChI=1S/C13H20N4O3/c1-2-10-3-5-16(6-4-10)13(20)15-11-7-14-17(8-11)9-12(18)19/h7-8,10H,2-6,9H2,1H3,(H,15,20)(H,18,19). The lowest BCUT2D eigenvalue weighted by molar-refractivity contribution is -0.137. The van der Waals surface area contributed by atoms with Crippen molar-refractivity contribution in [3.63, 3.8) is 0 Å². The van der Waals surface area contributed by atoms with Crippen LogP contribution in [-0.4, -0.2) is 44.9 Å². The van der Waals surface area contributed by atoms with Crippen LogP contribution in [0, 0.1) is 5.92 Å². The van der Waals surface area contributed by atoms with Crippen molar-refractivity contribution in [2.75, 3.05) is 18.4 Å². The number of rotatable bonds is 4. The van der Waals surface area contributed by atoms with Gasteiger partial charge < -0.3 is 15.3 Å². The molecule has 1 aromatic heterocycles. The first kappa shape index (κ1) is 14.4. The minimum absolute atomic E-state index is 0.144. The normalized spacial score (nSPS) is 16.1. The van der Waals surface area contributed by atoms with E-state index in [-0.39, 0.29) is 12.6 Å². The number of carboxylic acid groups (broad SMARTS) is 1. The number of hydrogen-bond donors (Lipinski definition) is 2. The molecule has 110 valence electrons. The Kier molecular flexibility index (Phi) is 4.60. The van der Waals surface area contributed by atoms with Crippen LogP contribution >= 0.6 is 0 Å². The first-order chi connectivity index (χ1) is 9.58. The second-order valence-electron chi connectivity index (χ2n) is 5.09. The number of anilines is 1. The Morgan fingerprint density at radius 2 is 2.15 bits per heavy atom.